The van der Waals surface area contributed by atoms with Crippen LogP contribution in [0.5, 0.6) is 0 Å². The summed E-state index contributed by atoms with van der Waals surface area (Å²) >= 11 is 7.32. The largest absolute Gasteiger partial charge is 0.273 e. The lowest BCUT2D eigenvalue weighted by molar-refractivity contribution is -0.132. The van der Waals surface area contributed by atoms with E-state index in [0.29, 0.717) is 4.42 Å². The Balaban J connectivity index is 0.000000502. The van der Waals surface area contributed by atoms with Crippen molar-refractivity contribution in [3.8, 4) is 0 Å². The number of hydrogen-bond donors (Lipinski definition) is 0. The topological polar surface area (TPSA) is 37.4 Å². The number of carbonyl (C=O) groups excluding carboxylic acids is 2. The number of unbranched alkanes of at least 4 members (excludes halogenated alkanes) is 8. The lowest BCUT2D eigenvalue weighted by atomic mass is 10.2. The zero-order chi connectivity index (χ0) is 17.3. The Kier molecular flexibility index (Phi) is 16.5. The van der Waals surface area contributed by atoms with Crippen molar-refractivity contribution in [2.24, 2.45) is 0 Å². The maximum absolute atomic E-state index is 10.4. The summed E-state index contributed by atoms with van der Waals surface area (Å²) < 4.78 is 0.639. The van der Waals surface area contributed by atoms with Gasteiger partial charge in [-0.2, -0.15) is 16.2 Å². The molecule has 0 N–H and O–H groups in total. The first kappa shape index (κ1) is 22.8. The second-order valence-corrected chi connectivity index (χ2v) is 7.57. The van der Waals surface area contributed by atoms with Crippen molar-refractivity contribution in [1.29, 1.82) is 0 Å². The Labute approximate surface area is 152 Å². The number of halogens is 1. The smallest absolute Gasteiger partial charge is 0.244 e. The second-order valence-electron chi connectivity index (χ2n) is 6.01. The van der Waals surface area contributed by atoms with Crippen LogP contribution in [0, 0.1) is 0 Å². The predicted molar refractivity (Wildman–Crippen MR) is 102 cm³/mol. The molecule has 1 heterocycles. The van der Waals surface area contributed by atoms with Gasteiger partial charge < -0.3 is 0 Å². The zero-order valence-electron chi connectivity index (χ0n) is 14.9. The molecule has 0 aromatic heterocycles. The van der Waals surface area contributed by atoms with Crippen molar-refractivity contribution in [2.75, 3.05) is 11.5 Å². The van der Waals surface area contributed by atoms with Crippen molar-refractivity contribution < 1.29 is 9.59 Å². The molecular weight excluding hydrogens is 330 g/mol. The standard InChI is InChI=1S/C14H30S.C4H4ClNO2/c1-3-5-7-9-11-13-15-14-12-10-8-6-4-2;5-6-3(7)1-2-4(6)8/h3-14H2,1-2H3;1-2H2. The molecule has 0 aromatic carbocycles. The van der Waals surface area contributed by atoms with Crippen molar-refractivity contribution in [3.05, 3.63) is 0 Å². The first-order valence-corrected chi connectivity index (χ1v) is 10.7. The number of amides is 2. The average Bonchev–Trinajstić information content (AvgIpc) is 2.84. The molecule has 136 valence electrons. The fraction of sp³-hybridized carbons (Fsp3) is 0.889. The third-order valence-corrected chi connectivity index (χ3v) is 5.31. The number of nitrogens with zero attached hydrogens (tertiary/aromatic N) is 1. The van der Waals surface area contributed by atoms with Gasteiger partial charge in [0.2, 0.25) is 11.8 Å². The maximum Gasteiger partial charge on any atom is 0.244 e. The molecule has 1 saturated heterocycles. The van der Waals surface area contributed by atoms with Gasteiger partial charge in [0.05, 0.1) is 0 Å². The molecule has 1 rings (SSSR count). The highest BCUT2D eigenvalue weighted by Gasteiger charge is 2.26. The molecule has 5 heteroatoms. The van der Waals surface area contributed by atoms with Gasteiger partial charge in [-0.05, 0) is 24.3 Å². The first-order valence-electron chi connectivity index (χ1n) is 9.22. The van der Waals surface area contributed by atoms with E-state index in [2.05, 4.69) is 25.6 Å². The highest BCUT2D eigenvalue weighted by atomic mass is 35.5. The number of hydrogen-bond acceptors (Lipinski definition) is 3. The Bertz CT molecular complexity index is 285. The van der Waals surface area contributed by atoms with Crippen molar-refractivity contribution in [3.63, 3.8) is 0 Å². The van der Waals surface area contributed by atoms with E-state index in [1.807, 2.05) is 0 Å². The van der Waals surface area contributed by atoms with Crippen LogP contribution in [-0.2, 0) is 9.59 Å². The number of imide groups is 1. The molecule has 3 nitrogen and oxygen atoms in total. The Morgan fingerprint density at radius 1 is 0.783 bits per heavy atom. The van der Waals surface area contributed by atoms with Crippen LogP contribution in [0.25, 0.3) is 0 Å². The fourth-order valence-electron chi connectivity index (χ4n) is 2.27. The van der Waals surface area contributed by atoms with E-state index in [1.54, 1.807) is 0 Å². The zero-order valence-corrected chi connectivity index (χ0v) is 16.5. The van der Waals surface area contributed by atoms with Crippen LogP contribution in [0.4, 0.5) is 0 Å². The Morgan fingerprint density at radius 2 is 1.17 bits per heavy atom. The van der Waals surface area contributed by atoms with Crippen LogP contribution < -0.4 is 0 Å². The second kappa shape index (κ2) is 16.6. The van der Waals surface area contributed by atoms with Crippen LogP contribution in [0.1, 0.15) is 90.9 Å². The summed E-state index contributed by atoms with van der Waals surface area (Å²) in [7, 11) is 0. The normalized spacial score (nSPS) is 14.1. The average molecular weight is 364 g/mol. The Hall–Kier alpha value is -0.220. The van der Waals surface area contributed by atoms with Crippen LogP contribution in [0.2, 0.25) is 0 Å². The van der Waals surface area contributed by atoms with E-state index in [1.165, 1.54) is 75.7 Å². The molecule has 0 saturated carbocycles. The first-order chi connectivity index (χ1) is 11.1. The summed E-state index contributed by atoms with van der Waals surface area (Å²) in [5, 5.41) is 0. The minimum Gasteiger partial charge on any atom is -0.273 e. The van der Waals surface area contributed by atoms with Gasteiger partial charge in [0, 0.05) is 24.6 Å². The summed E-state index contributed by atoms with van der Waals surface area (Å²) in [6.45, 7) is 4.57. The third-order valence-electron chi connectivity index (χ3n) is 3.78. The molecule has 23 heavy (non-hydrogen) atoms. The van der Waals surface area contributed by atoms with E-state index in [4.69, 9.17) is 11.8 Å². The van der Waals surface area contributed by atoms with Gasteiger partial charge in [-0.1, -0.05) is 65.2 Å². The van der Waals surface area contributed by atoms with E-state index < -0.39 is 0 Å². The molecule has 0 radical (unpaired) electrons. The molecule has 0 atom stereocenters. The van der Waals surface area contributed by atoms with E-state index in [0.717, 1.165) is 0 Å². The molecule has 2 amide bonds. The lowest BCUT2D eigenvalue weighted by Crippen LogP contribution is -2.16. The van der Waals surface area contributed by atoms with Gasteiger partial charge >= 0.3 is 0 Å². The molecule has 0 bridgehead atoms. The number of thioether (sulfide) groups is 1. The summed E-state index contributed by atoms with van der Waals surface area (Å²) in [5.74, 6) is 2.21. The van der Waals surface area contributed by atoms with Gasteiger partial charge in [-0.15, -0.1) is 0 Å². The minimum absolute atomic E-state index is 0.266. The highest BCUT2D eigenvalue weighted by molar-refractivity contribution is 7.99. The Morgan fingerprint density at radius 3 is 1.48 bits per heavy atom. The fourth-order valence-corrected chi connectivity index (χ4v) is 3.46. The molecule has 0 unspecified atom stereocenters. The maximum atomic E-state index is 10.4. The monoisotopic (exact) mass is 363 g/mol. The van der Waals surface area contributed by atoms with Crippen molar-refractivity contribution in [1.82, 2.24) is 4.42 Å². The summed E-state index contributed by atoms with van der Waals surface area (Å²) in [5.41, 5.74) is 0. The molecular formula is C18H34ClNO2S. The van der Waals surface area contributed by atoms with Gasteiger partial charge in [0.25, 0.3) is 0 Å². The minimum atomic E-state index is -0.295. The van der Waals surface area contributed by atoms with Crippen LogP contribution in [0.3, 0.4) is 0 Å². The SMILES string of the molecule is CCCCCCCSCCCCCCC.O=C1CCC(=O)N1Cl. The molecule has 0 spiro atoms. The van der Waals surface area contributed by atoms with Gasteiger partial charge in [0.1, 0.15) is 0 Å². The summed E-state index contributed by atoms with van der Waals surface area (Å²) in [4.78, 5) is 20.7. The molecule has 0 aliphatic carbocycles. The van der Waals surface area contributed by atoms with E-state index in [9.17, 15) is 9.59 Å². The third kappa shape index (κ3) is 13.9. The quantitative estimate of drug-likeness (QED) is 0.244. The van der Waals surface area contributed by atoms with Crippen LogP contribution in [0.15, 0.2) is 0 Å². The molecule has 0 aromatic rings. The molecule has 1 aliphatic rings. The molecule has 1 fully saturated rings. The van der Waals surface area contributed by atoms with Crippen molar-refractivity contribution >= 4 is 35.4 Å². The number of carbonyl (C=O) groups is 2. The van der Waals surface area contributed by atoms with Gasteiger partial charge in [-0.25, -0.2) is 0 Å². The lowest BCUT2D eigenvalue weighted by Gasteiger charge is -2.02. The summed E-state index contributed by atoms with van der Waals surface area (Å²) in [6.07, 6.45) is 14.8. The predicted octanol–water partition coefficient (Wildman–Crippen LogP) is 5.95. The number of rotatable bonds is 12. The van der Waals surface area contributed by atoms with Crippen LogP contribution >= 0.6 is 23.5 Å². The molecule has 1 aliphatic heterocycles. The van der Waals surface area contributed by atoms with Crippen LogP contribution in [-0.4, -0.2) is 27.7 Å². The summed E-state index contributed by atoms with van der Waals surface area (Å²) in [6, 6.07) is 0. The van der Waals surface area contributed by atoms with E-state index >= 15 is 0 Å². The van der Waals surface area contributed by atoms with Gasteiger partial charge in [-0.3, -0.25) is 9.59 Å². The van der Waals surface area contributed by atoms with E-state index in [-0.39, 0.29) is 24.7 Å². The van der Waals surface area contributed by atoms with Gasteiger partial charge in [0.15, 0.2) is 0 Å². The highest BCUT2D eigenvalue weighted by Crippen LogP contribution is 2.13. The van der Waals surface area contributed by atoms with Crippen molar-refractivity contribution in [2.45, 2.75) is 90.9 Å².